The van der Waals surface area contributed by atoms with Gasteiger partial charge >= 0.3 is 0 Å². The highest BCUT2D eigenvalue weighted by Gasteiger charge is 2.13. The molecule has 0 fully saturated rings. The topological polar surface area (TPSA) is 56.0 Å². The molecule has 1 aromatic carbocycles. The van der Waals surface area contributed by atoms with Crippen LogP contribution in [0.1, 0.15) is 40.1 Å². The molecule has 2 rings (SSSR count). The summed E-state index contributed by atoms with van der Waals surface area (Å²) >= 11 is 3.38. The Morgan fingerprint density at radius 1 is 1.32 bits per heavy atom. The Morgan fingerprint density at radius 3 is 2.63 bits per heavy atom. The molecule has 0 radical (unpaired) electrons. The third-order valence-electron chi connectivity index (χ3n) is 2.96. The van der Waals surface area contributed by atoms with Crippen molar-refractivity contribution in [2.75, 3.05) is 0 Å². The van der Waals surface area contributed by atoms with Crippen LogP contribution in [-0.4, -0.2) is 10.8 Å². The number of carbonyl (C=O) groups is 1. The maximum Gasteiger partial charge on any atom is 0.194 e. The first-order valence-corrected chi connectivity index (χ1v) is 6.80. The number of aromatic nitrogens is 1. The van der Waals surface area contributed by atoms with Crippen molar-refractivity contribution in [1.82, 2.24) is 4.98 Å². The fourth-order valence-electron chi connectivity index (χ4n) is 1.80. The van der Waals surface area contributed by atoms with Gasteiger partial charge < -0.3 is 5.73 Å². The van der Waals surface area contributed by atoms with Gasteiger partial charge in [-0.25, -0.2) is 0 Å². The highest BCUT2D eigenvalue weighted by molar-refractivity contribution is 9.10. The minimum atomic E-state index is -0.128. The Kier molecular flexibility index (Phi) is 4.12. The largest absolute Gasteiger partial charge is 0.323 e. The first-order chi connectivity index (χ1) is 8.99. The predicted octanol–water partition coefficient (Wildman–Crippen LogP) is 3.40. The Bertz CT molecular complexity index is 606. The van der Waals surface area contributed by atoms with E-state index in [0.717, 1.165) is 15.7 Å². The maximum atomic E-state index is 12.4. The van der Waals surface area contributed by atoms with Crippen molar-refractivity contribution in [3.8, 4) is 0 Å². The molecule has 2 aromatic rings. The van der Waals surface area contributed by atoms with Crippen LogP contribution < -0.4 is 5.73 Å². The molecule has 4 heteroatoms. The van der Waals surface area contributed by atoms with Crippen LogP contribution in [0.3, 0.4) is 0 Å². The van der Waals surface area contributed by atoms with Crippen molar-refractivity contribution in [3.63, 3.8) is 0 Å². The van der Waals surface area contributed by atoms with Crippen LogP contribution in [0.4, 0.5) is 0 Å². The van der Waals surface area contributed by atoms with Crippen molar-refractivity contribution in [2.24, 2.45) is 5.73 Å². The molecule has 0 bridgehead atoms. The molecule has 1 atom stereocenters. The summed E-state index contributed by atoms with van der Waals surface area (Å²) < 4.78 is 0.890. The maximum absolute atomic E-state index is 12.4. The molecule has 0 saturated carbocycles. The number of benzene rings is 1. The van der Waals surface area contributed by atoms with Gasteiger partial charge in [0.1, 0.15) is 0 Å². The summed E-state index contributed by atoms with van der Waals surface area (Å²) in [6.45, 7) is 3.78. The summed E-state index contributed by atoms with van der Waals surface area (Å²) in [7, 11) is 0. The molecule has 98 valence electrons. The second kappa shape index (κ2) is 5.63. The number of nitrogens with two attached hydrogens (primary N) is 1. The van der Waals surface area contributed by atoms with Crippen molar-refractivity contribution < 1.29 is 4.79 Å². The minimum Gasteiger partial charge on any atom is -0.323 e. The summed E-state index contributed by atoms with van der Waals surface area (Å²) in [5.41, 5.74) is 8.73. The molecular formula is C15H15BrN2O. The average Bonchev–Trinajstić information content (AvgIpc) is 2.41. The van der Waals surface area contributed by atoms with Crippen LogP contribution in [0.25, 0.3) is 0 Å². The monoisotopic (exact) mass is 318 g/mol. The predicted molar refractivity (Wildman–Crippen MR) is 79.2 cm³/mol. The molecule has 1 unspecified atom stereocenters. The van der Waals surface area contributed by atoms with Gasteiger partial charge in [0.15, 0.2) is 5.78 Å². The zero-order chi connectivity index (χ0) is 14.0. The van der Waals surface area contributed by atoms with Crippen LogP contribution in [-0.2, 0) is 0 Å². The highest BCUT2D eigenvalue weighted by Crippen LogP contribution is 2.19. The number of carbonyl (C=O) groups excluding carboxylic acids is 1. The third kappa shape index (κ3) is 3.08. The number of pyridine rings is 1. The van der Waals surface area contributed by atoms with E-state index in [0.29, 0.717) is 11.1 Å². The van der Waals surface area contributed by atoms with Gasteiger partial charge in [0, 0.05) is 27.8 Å². The van der Waals surface area contributed by atoms with Crippen molar-refractivity contribution in [2.45, 2.75) is 19.9 Å². The Labute approximate surface area is 121 Å². The smallest absolute Gasteiger partial charge is 0.194 e. The average molecular weight is 319 g/mol. The lowest BCUT2D eigenvalue weighted by Gasteiger charge is -2.07. The first-order valence-electron chi connectivity index (χ1n) is 6.01. The molecule has 0 spiro atoms. The quantitative estimate of drug-likeness (QED) is 0.882. The number of rotatable bonds is 3. The van der Waals surface area contributed by atoms with Crippen molar-refractivity contribution >= 4 is 21.7 Å². The second-order valence-corrected chi connectivity index (χ2v) is 5.46. The molecule has 19 heavy (non-hydrogen) atoms. The third-order valence-corrected chi connectivity index (χ3v) is 3.45. The molecular weight excluding hydrogens is 304 g/mol. The van der Waals surface area contributed by atoms with E-state index in [1.54, 1.807) is 18.3 Å². The molecule has 0 aliphatic heterocycles. The summed E-state index contributed by atoms with van der Waals surface area (Å²) in [4.78, 5) is 16.6. The van der Waals surface area contributed by atoms with Crippen LogP contribution in [0.5, 0.6) is 0 Å². The fraction of sp³-hybridized carbons (Fsp3) is 0.200. The second-order valence-electron chi connectivity index (χ2n) is 4.55. The standard InChI is InChI=1S/C15H15BrN2O/c1-9-3-5-12(16)7-13(9)15(19)11-4-6-14(10(2)17)18-8-11/h3-8,10H,17H2,1-2H3. The zero-order valence-corrected chi connectivity index (χ0v) is 12.4. The van der Waals surface area contributed by atoms with Gasteiger partial charge in [0.2, 0.25) is 0 Å². The summed E-state index contributed by atoms with van der Waals surface area (Å²) in [6.07, 6.45) is 1.58. The zero-order valence-electron chi connectivity index (χ0n) is 10.9. The van der Waals surface area contributed by atoms with E-state index in [1.807, 2.05) is 32.0 Å². The van der Waals surface area contributed by atoms with Gasteiger partial charge in [-0.15, -0.1) is 0 Å². The molecule has 0 aliphatic carbocycles. The number of aryl methyl sites for hydroxylation is 1. The summed E-state index contributed by atoms with van der Waals surface area (Å²) in [6, 6.07) is 9.11. The fourth-order valence-corrected chi connectivity index (χ4v) is 2.16. The lowest BCUT2D eigenvalue weighted by molar-refractivity contribution is 0.103. The van der Waals surface area contributed by atoms with E-state index < -0.39 is 0 Å². The number of hydrogen-bond donors (Lipinski definition) is 1. The van der Waals surface area contributed by atoms with E-state index in [4.69, 9.17) is 5.73 Å². The van der Waals surface area contributed by atoms with Gasteiger partial charge in [-0.1, -0.05) is 22.0 Å². The first kappa shape index (κ1) is 13.9. The SMILES string of the molecule is Cc1ccc(Br)cc1C(=O)c1ccc(C(C)N)nc1. The van der Waals surface area contributed by atoms with E-state index in [-0.39, 0.29) is 11.8 Å². The van der Waals surface area contributed by atoms with E-state index in [9.17, 15) is 4.79 Å². The molecule has 2 N–H and O–H groups in total. The van der Waals surface area contributed by atoms with Crippen molar-refractivity contribution in [1.29, 1.82) is 0 Å². The van der Waals surface area contributed by atoms with Gasteiger partial charge in [-0.2, -0.15) is 0 Å². The van der Waals surface area contributed by atoms with Crippen molar-refractivity contribution in [3.05, 3.63) is 63.4 Å². The summed E-state index contributed by atoms with van der Waals surface area (Å²) in [5.74, 6) is -0.0254. The Morgan fingerprint density at radius 2 is 2.05 bits per heavy atom. The van der Waals surface area contributed by atoms with Gasteiger partial charge in [0.25, 0.3) is 0 Å². The van der Waals surface area contributed by atoms with Crippen LogP contribution in [0, 0.1) is 6.92 Å². The number of ketones is 1. The molecule has 0 aliphatic rings. The van der Waals surface area contributed by atoms with Gasteiger partial charge in [-0.05, 0) is 43.7 Å². The number of halogens is 1. The highest BCUT2D eigenvalue weighted by atomic mass is 79.9. The number of nitrogens with zero attached hydrogens (tertiary/aromatic N) is 1. The summed E-state index contributed by atoms with van der Waals surface area (Å²) in [5, 5.41) is 0. The van der Waals surface area contributed by atoms with E-state index in [2.05, 4.69) is 20.9 Å². The molecule has 0 amide bonds. The molecule has 3 nitrogen and oxygen atoms in total. The Balaban J connectivity index is 2.36. The van der Waals surface area contributed by atoms with Crippen LogP contribution in [0.15, 0.2) is 41.0 Å². The minimum absolute atomic E-state index is 0.0254. The molecule has 1 aromatic heterocycles. The normalized spacial score (nSPS) is 12.2. The lowest BCUT2D eigenvalue weighted by atomic mass is 10.00. The van der Waals surface area contributed by atoms with Crippen LogP contribution in [0.2, 0.25) is 0 Å². The van der Waals surface area contributed by atoms with E-state index in [1.165, 1.54) is 0 Å². The lowest BCUT2D eigenvalue weighted by Crippen LogP contribution is -2.09. The van der Waals surface area contributed by atoms with Crippen LogP contribution >= 0.6 is 15.9 Å². The van der Waals surface area contributed by atoms with E-state index >= 15 is 0 Å². The number of hydrogen-bond acceptors (Lipinski definition) is 3. The Hall–Kier alpha value is -1.52. The molecule has 0 saturated heterocycles. The van der Waals surface area contributed by atoms with Gasteiger partial charge in [-0.3, -0.25) is 9.78 Å². The molecule has 1 heterocycles. The van der Waals surface area contributed by atoms with Gasteiger partial charge in [0.05, 0.1) is 5.69 Å².